The predicted octanol–water partition coefficient (Wildman–Crippen LogP) is -0.535. The predicted molar refractivity (Wildman–Crippen MR) is 58.7 cm³/mol. The van der Waals surface area contributed by atoms with Crippen molar-refractivity contribution in [3.8, 4) is 0 Å². The molecule has 1 aliphatic rings. The van der Waals surface area contributed by atoms with Gasteiger partial charge in [0.05, 0.1) is 0 Å². The first-order chi connectivity index (χ1) is 7.50. The zero-order valence-corrected chi connectivity index (χ0v) is 8.86. The molecule has 6 N–H and O–H groups in total. The van der Waals surface area contributed by atoms with Crippen molar-refractivity contribution in [1.82, 2.24) is 10.9 Å². The van der Waals surface area contributed by atoms with Crippen LogP contribution in [0.2, 0.25) is 0 Å². The minimum Gasteiger partial charge on any atom is -0.350 e. The van der Waals surface area contributed by atoms with Gasteiger partial charge in [-0.15, -0.1) is 0 Å². The molecule has 8 nitrogen and oxygen atoms in total. The van der Waals surface area contributed by atoms with Gasteiger partial charge in [-0.05, 0) is 12.8 Å². The van der Waals surface area contributed by atoms with Crippen LogP contribution in [0, 0.1) is 5.92 Å². The Morgan fingerprint density at radius 3 is 1.81 bits per heavy atom. The van der Waals surface area contributed by atoms with Crippen molar-refractivity contribution < 1.29 is 9.59 Å². The van der Waals surface area contributed by atoms with E-state index in [4.69, 9.17) is 11.5 Å². The van der Waals surface area contributed by atoms with E-state index in [0.29, 0.717) is 12.8 Å². The normalized spacial score (nSPS) is 24.7. The summed E-state index contributed by atoms with van der Waals surface area (Å²) in [6, 6.07) is -1.42. The van der Waals surface area contributed by atoms with Crippen LogP contribution in [0.4, 0.5) is 9.59 Å². The summed E-state index contributed by atoms with van der Waals surface area (Å²) < 4.78 is 0. The molecule has 1 rings (SSSR count). The van der Waals surface area contributed by atoms with Crippen molar-refractivity contribution in [2.24, 2.45) is 27.6 Å². The summed E-state index contributed by atoms with van der Waals surface area (Å²) >= 11 is 0. The van der Waals surface area contributed by atoms with Crippen molar-refractivity contribution in [2.75, 3.05) is 0 Å². The van der Waals surface area contributed by atoms with E-state index in [1.807, 2.05) is 6.92 Å². The first-order valence-electron chi connectivity index (χ1n) is 4.74. The quantitative estimate of drug-likeness (QED) is 0.470. The Morgan fingerprint density at radius 1 is 1.12 bits per heavy atom. The van der Waals surface area contributed by atoms with Crippen LogP contribution in [0.3, 0.4) is 0 Å². The molecule has 0 bridgehead atoms. The second-order valence-electron chi connectivity index (χ2n) is 3.38. The standard InChI is InChI=1S/C8H14N6O2/c1-4-5(11-13-7(9)15)2-3-6(4)12-14-8(10)16/h4H,2-3H2,1H3,(H3,9,13,15)(H3,10,14,16). The van der Waals surface area contributed by atoms with Gasteiger partial charge in [0, 0.05) is 17.3 Å². The number of nitrogens with one attached hydrogen (secondary N) is 2. The molecule has 0 unspecified atom stereocenters. The lowest BCUT2D eigenvalue weighted by Crippen LogP contribution is -2.28. The first kappa shape index (κ1) is 12.0. The number of carbonyl (C=O) groups excluding carboxylic acids is 2. The molecule has 88 valence electrons. The Hall–Kier alpha value is -2.12. The third-order valence-corrected chi connectivity index (χ3v) is 2.26. The summed E-state index contributed by atoms with van der Waals surface area (Å²) in [6.07, 6.45) is 1.33. The van der Waals surface area contributed by atoms with Crippen LogP contribution in [0.1, 0.15) is 19.8 Å². The zero-order valence-electron chi connectivity index (χ0n) is 8.86. The lowest BCUT2D eigenvalue weighted by Gasteiger charge is -2.05. The van der Waals surface area contributed by atoms with Gasteiger partial charge in [-0.25, -0.2) is 20.4 Å². The molecule has 1 fully saturated rings. The Morgan fingerprint density at radius 2 is 1.50 bits per heavy atom. The SMILES string of the molecule is CC1C(=NNC(N)=O)CCC1=NNC(N)=O. The highest BCUT2D eigenvalue weighted by molar-refractivity contribution is 6.13. The van der Waals surface area contributed by atoms with Crippen LogP contribution in [0.5, 0.6) is 0 Å². The first-order valence-corrected chi connectivity index (χ1v) is 4.74. The number of hydrogen-bond donors (Lipinski definition) is 4. The van der Waals surface area contributed by atoms with E-state index in [-0.39, 0.29) is 5.92 Å². The molecule has 1 saturated carbocycles. The van der Waals surface area contributed by atoms with E-state index >= 15 is 0 Å². The number of nitrogens with two attached hydrogens (primary N) is 2. The largest absolute Gasteiger partial charge is 0.350 e. The Balaban J connectivity index is 2.63. The molecule has 0 aromatic carbocycles. The molecular weight excluding hydrogens is 212 g/mol. The summed E-state index contributed by atoms with van der Waals surface area (Å²) in [5.41, 5.74) is 15.6. The molecule has 0 aliphatic heterocycles. The molecule has 4 amide bonds. The highest BCUT2D eigenvalue weighted by Gasteiger charge is 2.25. The van der Waals surface area contributed by atoms with Crippen LogP contribution < -0.4 is 22.3 Å². The summed E-state index contributed by atoms with van der Waals surface area (Å²) in [7, 11) is 0. The molecule has 0 saturated heterocycles. The van der Waals surface area contributed by atoms with Crippen LogP contribution >= 0.6 is 0 Å². The average Bonchev–Trinajstić information content (AvgIpc) is 2.53. The number of hydrogen-bond acceptors (Lipinski definition) is 4. The highest BCUT2D eigenvalue weighted by atomic mass is 16.2. The van der Waals surface area contributed by atoms with Crippen molar-refractivity contribution in [3.05, 3.63) is 0 Å². The van der Waals surface area contributed by atoms with Crippen LogP contribution in [0.25, 0.3) is 0 Å². The van der Waals surface area contributed by atoms with E-state index in [2.05, 4.69) is 21.1 Å². The molecule has 8 heteroatoms. The van der Waals surface area contributed by atoms with Gasteiger partial charge >= 0.3 is 12.1 Å². The lowest BCUT2D eigenvalue weighted by atomic mass is 10.1. The maximum Gasteiger partial charge on any atom is 0.332 e. The number of urea groups is 2. The van der Waals surface area contributed by atoms with Gasteiger partial charge in [-0.3, -0.25) is 0 Å². The second-order valence-corrected chi connectivity index (χ2v) is 3.38. The molecule has 0 heterocycles. The number of amides is 4. The Bertz CT molecular complexity index is 328. The van der Waals surface area contributed by atoms with Gasteiger partial charge in [-0.1, -0.05) is 6.92 Å². The number of hydrazone groups is 2. The second kappa shape index (κ2) is 5.10. The maximum atomic E-state index is 10.5. The summed E-state index contributed by atoms with van der Waals surface area (Å²) in [4.78, 5) is 20.9. The molecular formula is C8H14N6O2. The average molecular weight is 226 g/mol. The summed E-state index contributed by atoms with van der Waals surface area (Å²) in [5.74, 6) is -0.0429. The summed E-state index contributed by atoms with van der Waals surface area (Å²) in [5, 5.41) is 7.70. The van der Waals surface area contributed by atoms with Gasteiger partial charge < -0.3 is 11.5 Å². The lowest BCUT2D eigenvalue weighted by molar-refractivity contribution is 0.248. The van der Waals surface area contributed by atoms with Crippen LogP contribution in [0.15, 0.2) is 10.2 Å². The molecule has 0 aromatic rings. The van der Waals surface area contributed by atoms with Crippen LogP contribution in [-0.2, 0) is 0 Å². The number of rotatable bonds is 2. The van der Waals surface area contributed by atoms with Crippen LogP contribution in [-0.4, -0.2) is 23.5 Å². The fraction of sp³-hybridized carbons (Fsp3) is 0.500. The van der Waals surface area contributed by atoms with Crippen molar-refractivity contribution >= 4 is 23.5 Å². The smallest absolute Gasteiger partial charge is 0.332 e. The van der Waals surface area contributed by atoms with Gasteiger partial charge in [0.1, 0.15) is 0 Å². The van der Waals surface area contributed by atoms with E-state index in [9.17, 15) is 9.59 Å². The van der Waals surface area contributed by atoms with E-state index in [1.54, 1.807) is 0 Å². The topological polar surface area (TPSA) is 135 Å². The number of nitrogens with zero attached hydrogens (tertiary/aromatic N) is 2. The molecule has 0 atom stereocenters. The number of carbonyl (C=O) groups is 2. The van der Waals surface area contributed by atoms with Crippen molar-refractivity contribution in [1.29, 1.82) is 0 Å². The highest BCUT2D eigenvalue weighted by Crippen LogP contribution is 2.19. The fourth-order valence-electron chi connectivity index (χ4n) is 1.44. The van der Waals surface area contributed by atoms with Gasteiger partial charge in [0.2, 0.25) is 0 Å². The fourth-order valence-corrected chi connectivity index (χ4v) is 1.44. The zero-order chi connectivity index (χ0) is 12.1. The minimum absolute atomic E-state index is 0.0429. The molecule has 1 aliphatic carbocycles. The van der Waals surface area contributed by atoms with Gasteiger partial charge in [0.25, 0.3) is 0 Å². The molecule has 0 spiro atoms. The van der Waals surface area contributed by atoms with Gasteiger partial charge in [0.15, 0.2) is 0 Å². The molecule has 0 radical (unpaired) electrons. The Kier molecular flexibility index (Phi) is 3.81. The van der Waals surface area contributed by atoms with Crippen molar-refractivity contribution in [3.63, 3.8) is 0 Å². The van der Waals surface area contributed by atoms with E-state index < -0.39 is 12.1 Å². The minimum atomic E-state index is -0.708. The number of primary amides is 2. The molecule has 0 aromatic heterocycles. The summed E-state index contributed by atoms with van der Waals surface area (Å²) in [6.45, 7) is 1.87. The Labute approximate surface area is 92.1 Å². The van der Waals surface area contributed by atoms with E-state index in [1.165, 1.54) is 0 Å². The van der Waals surface area contributed by atoms with Gasteiger partial charge in [-0.2, -0.15) is 10.2 Å². The maximum absolute atomic E-state index is 10.5. The van der Waals surface area contributed by atoms with E-state index in [0.717, 1.165) is 11.4 Å². The van der Waals surface area contributed by atoms with Crippen molar-refractivity contribution in [2.45, 2.75) is 19.8 Å². The monoisotopic (exact) mass is 226 g/mol. The third-order valence-electron chi connectivity index (χ3n) is 2.26. The third kappa shape index (κ3) is 3.23. The molecule has 16 heavy (non-hydrogen) atoms.